The van der Waals surface area contributed by atoms with Crippen LogP contribution in [-0.2, 0) is 9.59 Å². The van der Waals surface area contributed by atoms with E-state index in [1.165, 1.54) is 12.3 Å². The average molecular weight is 461 g/mol. The average Bonchev–Trinajstić information content (AvgIpc) is 3.25. The summed E-state index contributed by atoms with van der Waals surface area (Å²) in [5.74, 6) is -0.584. The van der Waals surface area contributed by atoms with Gasteiger partial charge in [-0.15, -0.1) is 11.6 Å². The van der Waals surface area contributed by atoms with Crippen LogP contribution in [0.2, 0.25) is 0 Å². The van der Waals surface area contributed by atoms with Crippen LogP contribution in [0.25, 0.3) is 6.08 Å². The zero-order valence-corrected chi connectivity index (χ0v) is 17.1. The van der Waals surface area contributed by atoms with Crippen molar-refractivity contribution in [3.63, 3.8) is 0 Å². The highest BCUT2D eigenvalue weighted by atomic mass is 35.6. The smallest absolute Gasteiger partial charge is 0.297 e. The maximum atomic E-state index is 12.8. The van der Waals surface area contributed by atoms with Gasteiger partial charge in [-0.1, -0.05) is 65.1 Å². The van der Waals surface area contributed by atoms with Gasteiger partial charge >= 0.3 is 0 Å². The number of hydrazine groups is 1. The van der Waals surface area contributed by atoms with Crippen molar-refractivity contribution in [1.29, 1.82) is 0 Å². The second-order valence-corrected chi connectivity index (χ2v) is 8.79. The molecule has 0 fully saturated rings. The molecule has 146 valence electrons. The minimum atomic E-state index is -1.71. The first-order valence-electron chi connectivity index (χ1n) is 8.00. The maximum Gasteiger partial charge on any atom is 0.297 e. The van der Waals surface area contributed by atoms with E-state index in [9.17, 15) is 9.59 Å². The summed E-state index contributed by atoms with van der Waals surface area (Å²) in [6, 6.07) is 12.2. The quantitative estimate of drug-likeness (QED) is 0.533. The largest absolute Gasteiger partial charge is 0.465 e. The lowest BCUT2D eigenvalue weighted by atomic mass is 10.2. The first kappa shape index (κ1) is 20.7. The van der Waals surface area contributed by atoms with Crippen molar-refractivity contribution in [3.05, 3.63) is 65.7 Å². The lowest BCUT2D eigenvalue weighted by Gasteiger charge is -2.22. The Balaban J connectivity index is 1.89. The van der Waals surface area contributed by atoms with Gasteiger partial charge in [-0.05, 0) is 12.1 Å². The van der Waals surface area contributed by atoms with E-state index < -0.39 is 21.0 Å². The van der Waals surface area contributed by atoms with Gasteiger partial charge in [0.05, 0.1) is 6.26 Å². The molecule has 3 rings (SSSR count). The van der Waals surface area contributed by atoms with Gasteiger partial charge < -0.3 is 4.42 Å². The third-order valence-corrected chi connectivity index (χ3v) is 4.45. The van der Waals surface area contributed by atoms with Gasteiger partial charge in [-0.3, -0.25) is 15.0 Å². The number of rotatable bonds is 5. The van der Waals surface area contributed by atoms with E-state index in [2.05, 4.69) is 10.4 Å². The van der Waals surface area contributed by atoms with E-state index in [4.69, 9.17) is 50.8 Å². The normalized spacial score (nSPS) is 17.0. The molecule has 1 aromatic heterocycles. The Morgan fingerprint density at radius 2 is 1.93 bits per heavy atom. The molecule has 28 heavy (non-hydrogen) atoms. The predicted molar refractivity (Wildman–Crippen MR) is 109 cm³/mol. The number of amides is 2. The van der Waals surface area contributed by atoms with Crippen LogP contribution in [0.4, 0.5) is 0 Å². The number of halogens is 4. The molecule has 0 saturated carbocycles. The Labute approximate surface area is 180 Å². The number of aliphatic imine (C=N–C) groups is 1. The highest BCUT2D eigenvalue weighted by Gasteiger charge is 2.36. The molecule has 2 amide bonds. The lowest BCUT2D eigenvalue weighted by molar-refractivity contribution is -0.133. The van der Waals surface area contributed by atoms with E-state index in [-0.39, 0.29) is 18.0 Å². The Bertz CT molecular complexity index is 921. The Morgan fingerprint density at radius 3 is 2.54 bits per heavy atom. The number of carbonyl (C=O) groups is 2. The van der Waals surface area contributed by atoms with Gasteiger partial charge in [0.25, 0.3) is 11.8 Å². The lowest BCUT2D eigenvalue weighted by Crippen LogP contribution is -2.50. The van der Waals surface area contributed by atoms with Crippen molar-refractivity contribution < 1.29 is 14.0 Å². The van der Waals surface area contributed by atoms with Crippen molar-refractivity contribution in [3.8, 4) is 0 Å². The van der Waals surface area contributed by atoms with Crippen LogP contribution in [0, 0.1) is 0 Å². The molecule has 0 spiro atoms. The van der Waals surface area contributed by atoms with Crippen LogP contribution in [0.15, 0.2) is 63.8 Å². The zero-order chi connectivity index (χ0) is 20.3. The number of amidine groups is 1. The van der Waals surface area contributed by atoms with Crippen molar-refractivity contribution in [2.24, 2.45) is 4.99 Å². The van der Waals surface area contributed by atoms with Crippen LogP contribution in [0.1, 0.15) is 17.7 Å². The highest BCUT2D eigenvalue weighted by Crippen LogP contribution is 2.33. The summed E-state index contributed by atoms with van der Waals surface area (Å²) in [5.41, 5.74) is 3.15. The highest BCUT2D eigenvalue weighted by molar-refractivity contribution is 6.67. The van der Waals surface area contributed by atoms with Gasteiger partial charge in [0.2, 0.25) is 0 Å². The molecule has 6 nitrogen and oxygen atoms in total. The van der Waals surface area contributed by atoms with Crippen molar-refractivity contribution in [2.45, 2.75) is 15.6 Å². The van der Waals surface area contributed by atoms with Gasteiger partial charge in [0.15, 0.2) is 9.63 Å². The number of nitrogens with zero attached hydrogens (tertiary/aromatic N) is 2. The van der Waals surface area contributed by atoms with E-state index in [0.717, 1.165) is 5.01 Å². The van der Waals surface area contributed by atoms with Gasteiger partial charge in [-0.25, -0.2) is 4.99 Å². The van der Waals surface area contributed by atoms with Gasteiger partial charge in [-0.2, -0.15) is 5.01 Å². The minimum Gasteiger partial charge on any atom is -0.465 e. The fourth-order valence-electron chi connectivity index (χ4n) is 2.39. The van der Waals surface area contributed by atoms with Crippen molar-refractivity contribution in [1.82, 2.24) is 10.4 Å². The zero-order valence-electron chi connectivity index (χ0n) is 14.1. The molecule has 2 heterocycles. The summed E-state index contributed by atoms with van der Waals surface area (Å²) >= 11 is 23.1. The molecule has 1 unspecified atom stereocenters. The third-order valence-electron chi connectivity index (χ3n) is 3.63. The van der Waals surface area contributed by atoms with E-state index >= 15 is 0 Å². The van der Waals surface area contributed by atoms with Crippen LogP contribution in [-0.4, -0.2) is 31.8 Å². The molecule has 0 radical (unpaired) electrons. The molecule has 0 aliphatic carbocycles. The minimum absolute atomic E-state index is 0.0848. The summed E-state index contributed by atoms with van der Waals surface area (Å²) in [5, 5.41) is -0.157. The molecule has 2 aromatic rings. The monoisotopic (exact) mass is 459 g/mol. The number of furan rings is 1. The van der Waals surface area contributed by atoms with Crippen LogP contribution in [0.5, 0.6) is 0 Å². The number of hydrogen-bond donors (Lipinski definition) is 1. The summed E-state index contributed by atoms with van der Waals surface area (Å²) < 4.78 is 3.52. The van der Waals surface area contributed by atoms with Crippen molar-refractivity contribution >= 4 is 70.1 Å². The van der Waals surface area contributed by atoms with Crippen LogP contribution >= 0.6 is 46.4 Å². The first-order valence-corrected chi connectivity index (χ1v) is 9.57. The Morgan fingerprint density at radius 1 is 1.21 bits per heavy atom. The fourth-order valence-corrected chi connectivity index (χ4v) is 3.37. The molecule has 0 bridgehead atoms. The van der Waals surface area contributed by atoms with Crippen molar-refractivity contribution in [2.75, 3.05) is 0 Å². The summed E-state index contributed by atoms with van der Waals surface area (Å²) in [4.78, 5) is 29.6. The molecule has 1 aliphatic heterocycles. The SMILES string of the molecule is O=C(NN1C(=O)/C(=C/c2ccco2)N=C1c1ccccc1)C(Cl)CC(Cl)(Cl)Cl. The molecule has 1 aromatic carbocycles. The predicted octanol–water partition coefficient (Wildman–Crippen LogP) is 4.31. The molecular weight excluding hydrogens is 448 g/mol. The fraction of sp³-hybridized carbons (Fsp3) is 0.167. The topological polar surface area (TPSA) is 74.9 Å². The second kappa shape index (κ2) is 8.57. The standard InChI is InChI=1S/C18H13Cl4N3O3/c19-13(10-18(20,21)22)16(26)24-25-15(11-5-2-1-3-6-11)23-14(17(25)27)9-12-7-4-8-28-12/h1-9,13H,10H2,(H,24,26)/b14-9-. The molecule has 1 aliphatic rings. The number of carbonyl (C=O) groups excluding carboxylic acids is 2. The van der Waals surface area contributed by atoms with Crippen LogP contribution < -0.4 is 5.43 Å². The second-order valence-electron chi connectivity index (χ2n) is 5.75. The maximum absolute atomic E-state index is 12.8. The molecule has 0 saturated heterocycles. The number of benzene rings is 1. The summed E-state index contributed by atoms with van der Waals surface area (Å²) in [6.45, 7) is 0. The van der Waals surface area contributed by atoms with Crippen LogP contribution in [0.3, 0.4) is 0 Å². The van der Waals surface area contributed by atoms with Gasteiger partial charge in [0, 0.05) is 18.1 Å². The Hall–Kier alpha value is -1.99. The molecular formula is C18H13Cl4N3O3. The summed E-state index contributed by atoms with van der Waals surface area (Å²) in [6.07, 6.45) is 2.71. The molecule has 1 N–H and O–H groups in total. The van der Waals surface area contributed by atoms with E-state index in [0.29, 0.717) is 11.3 Å². The molecule has 10 heteroatoms. The number of nitrogens with one attached hydrogen (secondary N) is 1. The Kier molecular flexibility index (Phi) is 6.35. The number of alkyl halides is 4. The third kappa shape index (κ3) is 5.08. The first-order chi connectivity index (χ1) is 13.2. The number of hydrogen-bond acceptors (Lipinski definition) is 4. The molecule has 1 atom stereocenters. The summed E-state index contributed by atoms with van der Waals surface area (Å²) in [7, 11) is 0. The van der Waals surface area contributed by atoms with E-state index in [1.54, 1.807) is 36.4 Å². The van der Waals surface area contributed by atoms with E-state index in [1.807, 2.05) is 6.07 Å². The van der Waals surface area contributed by atoms with Gasteiger partial charge in [0.1, 0.15) is 16.8 Å².